The van der Waals surface area contributed by atoms with Crippen LogP contribution in [0.25, 0.3) is 11.2 Å². The van der Waals surface area contributed by atoms with Gasteiger partial charge in [-0.3, -0.25) is 18.5 Å². The van der Waals surface area contributed by atoms with E-state index >= 15 is 0 Å². The lowest BCUT2D eigenvalue weighted by Gasteiger charge is -2.25. The zero-order valence-corrected chi connectivity index (χ0v) is 15.4. The Hall–Kier alpha value is -2.87. The lowest BCUT2D eigenvalue weighted by atomic mass is 10.1. The molecular formula is C17H17ClN6O2. The monoisotopic (exact) mass is 372 g/mol. The van der Waals surface area contributed by atoms with Crippen LogP contribution in [0.1, 0.15) is 12.5 Å². The van der Waals surface area contributed by atoms with Crippen molar-refractivity contribution in [1.82, 2.24) is 18.7 Å². The summed E-state index contributed by atoms with van der Waals surface area (Å²) in [7, 11) is 3.08. The molecule has 3 aromatic rings. The Morgan fingerprint density at radius 1 is 1.12 bits per heavy atom. The van der Waals surface area contributed by atoms with Gasteiger partial charge in [0.2, 0.25) is 5.95 Å². The van der Waals surface area contributed by atoms with E-state index in [1.54, 1.807) is 24.2 Å². The van der Waals surface area contributed by atoms with Crippen molar-refractivity contribution in [2.24, 2.45) is 19.2 Å². The fraction of sp³-hybridized carbons (Fsp3) is 0.294. The highest BCUT2D eigenvalue weighted by Crippen LogP contribution is 2.25. The van der Waals surface area contributed by atoms with Gasteiger partial charge in [0.15, 0.2) is 11.2 Å². The molecule has 1 aliphatic rings. The molecule has 0 N–H and O–H groups in total. The molecule has 0 amide bonds. The number of fused-ring (bicyclic) bond motifs is 3. The molecule has 1 aliphatic heterocycles. The summed E-state index contributed by atoms with van der Waals surface area (Å²) < 4.78 is 4.30. The van der Waals surface area contributed by atoms with Crippen LogP contribution in [0.4, 0.5) is 5.95 Å². The number of aromatic nitrogens is 4. The SMILES string of the molecule is CCN1N=C(c2ccc(Cl)cc2)Cn2c1nc1c2c(=O)n(C)c(=O)n1C. The number of anilines is 1. The number of aryl methyl sites for hydroxylation is 1. The highest BCUT2D eigenvalue weighted by atomic mass is 35.5. The standard InChI is InChI=1S/C17H17ClN6O2/c1-4-24-16-19-14-13(15(25)22(3)17(26)21(14)2)23(16)9-12(20-24)10-5-7-11(18)8-6-10/h5-8H,4,9H2,1-3H3. The lowest BCUT2D eigenvalue weighted by molar-refractivity contribution is 0.701. The maximum atomic E-state index is 12.7. The molecule has 8 nitrogen and oxygen atoms in total. The Labute approximate surface area is 153 Å². The van der Waals surface area contributed by atoms with Gasteiger partial charge in [0.1, 0.15) is 0 Å². The van der Waals surface area contributed by atoms with E-state index in [4.69, 9.17) is 11.6 Å². The van der Waals surface area contributed by atoms with E-state index in [1.165, 1.54) is 11.6 Å². The van der Waals surface area contributed by atoms with Gasteiger partial charge in [0.05, 0.1) is 12.3 Å². The summed E-state index contributed by atoms with van der Waals surface area (Å²) in [6, 6.07) is 7.40. The molecule has 0 unspecified atom stereocenters. The third-order valence-electron chi connectivity index (χ3n) is 4.58. The van der Waals surface area contributed by atoms with Crippen LogP contribution in [0.15, 0.2) is 39.0 Å². The average Bonchev–Trinajstić information content (AvgIpc) is 3.04. The zero-order chi connectivity index (χ0) is 18.6. The van der Waals surface area contributed by atoms with Crippen molar-refractivity contribution in [3.05, 3.63) is 55.7 Å². The van der Waals surface area contributed by atoms with Crippen molar-refractivity contribution >= 4 is 34.4 Å². The van der Waals surface area contributed by atoms with E-state index < -0.39 is 5.69 Å². The second-order valence-electron chi connectivity index (χ2n) is 6.15. The van der Waals surface area contributed by atoms with E-state index in [9.17, 15) is 9.59 Å². The van der Waals surface area contributed by atoms with Crippen molar-refractivity contribution in [1.29, 1.82) is 0 Å². The number of halogens is 1. The van der Waals surface area contributed by atoms with Gasteiger partial charge >= 0.3 is 5.69 Å². The fourth-order valence-electron chi connectivity index (χ4n) is 3.16. The maximum absolute atomic E-state index is 12.7. The van der Waals surface area contributed by atoms with Gasteiger partial charge in [-0.2, -0.15) is 10.1 Å². The summed E-state index contributed by atoms with van der Waals surface area (Å²) in [6.07, 6.45) is 0. The number of hydrogen-bond donors (Lipinski definition) is 0. The second-order valence-corrected chi connectivity index (χ2v) is 6.58. The molecule has 0 aliphatic carbocycles. The summed E-state index contributed by atoms with van der Waals surface area (Å²) >= 11 is 5.98. The third-order valence-corrected chi connectivity index (χ3v) is 4.84. The van der Waals surface area contributed by atoms with E-state index in [2.05, 4.69) is 10.1 Å². The smallest absolute Gasteiger partial charge is 0.297 e. The van der Waals surface area contributed by atoms with Crippen molar-refractivity contribution in [3.8, 4) is 0 Å². The minimum absolute atomic E-state index is 0.360. The number of imidazole rings is 1. The van der Waals surface area contributed by atoms with E-state index in [-0.39, 0.29) is 5.56 Å². The summed E-state index contributed by atoms with van der Waals surface area (Å²) in [5, 5.41) is 7.05. The minimum atomic E-state index is -0.403. The molecular weight excluding hydrogens is 356 g/mol. The summed E-state index contributed by atoms with van der Waals surface area (Å²) in [6.45, 7) is 2.92. The van der Waals surface area contributed by atoms with Gasteiger partial charge in [0.25, 0.3) is 5.56 Å². The molecule has 134 valence electrons. The van der Waals surface area contributed by atoms with Gasteiger partial charge in [-0.05, 0) is 24.6 Å². The van der Waals surface area contributed by atoms with E-state index in [0.717, 1.165) is 15.8 Å². The van der Waals surface area contributed by atoms with Crippen LogP contribution < -0.4 is 16.3 Å². The Bertz CT molecular complexity index is 1170. The normalized spacial score (nSPS) is 13.8. The van der Waals surface area contributed by atoms with Gasteiger partial charge in [-0.15, -0.1) is 0 Å². The van der Waals surface area contributed by atoms with Crippen LogP contribution in [-0.2, 0) is 20.6 Å². The Morgan fingerprint density at radius 2 is 1.81 bits per heavy atom. The summed E-state index contributed by atoms with van der Waals surface area (Å²) in [5.41, 5.74) is 1.70. The third kappa shape index (κ3) is 2.29. The van der Waals surface area contributed by atoms with E-state index in [0.29, 0.717) is 35.2 Å². The Kier molecular flexibility index (Phi) is 3.73. The number of rotatable bonds is 2. The van der Waals surface area contributed by atoms with E-state index in [1.807, 2.05) is 23.6 Å². The molecule has 0 saturated heterocycles. The quantitative estimate of drug-likeness (QED) is 0.680. The molecule has 0 radical (unpaired) electrons. The van der Waals surface area contributed by atoms with Crippen molar-refractivity contribution in [3.63, 3.8) is 0 Å². The molecule has 1 aromatic carbocycles. The van der Waals surface area contributed by atoms with Crippen LogP contribution in [0.2, 0.25) is 5.02 Å². The summed E-state index contributed by atoms with van der Waals surface area (Å²) in [4.78, 5) is 29.5. The minimum Gasteiger partial charge on any atom is -0.297 e. The molecule has 9 heteroatoms. The van der Waals surface area contributed by atoms with Gasteiger partial charge in [-0.25, -0.2) is 9.80 Å². The molecule has 26 heavy (non-hydrogen) atoms. The van der Waals surface area contributed by atoms with Crippen molar-refractivity contribution < 1.29 is 0 Å². The van der Waals surface area contributed by atoms with Gasteiger partial charge in [0, 0.05) is 25.7 Å². The molecule has 4 rings (SSSR count). The van der Waals surface area contributed by atoms with Crippen LogP contribution in [0.3, 0.4) is 0 Å². The first-order valence-electron chi connectivity index (χ1n) is 8.19. The molecule has 3 heterocycles. The molecule has 0 bridgehead atoms. The molecule has 2 aromatic heterocycles. The maximum Gasteiger partial charge on any atom is 0.332 e. The van der Waals surface area contributed by atoms with Gasteiger partial charge < -0.3 is 0 Å². The predicted octanol–water partition coefficient (Wildman–Crippen LogP) is 1.33. The topological polar surface area (TPSA) is 77.4 Å². The molecule has 0 saturated carbocycles. The van der Waals surface area contributed by atoms with Crippen LogP contribution in [0, 0.1) is 0 Å². The Morgan fingerprint density at radius 3 is 2.46 bits per heavy atom. The van der Waals surface area contributed by atoms with Crippen LogP contribution in [0.5, 0.6) is 0 Å². The first kappa shape index (κ1) is 16.6. The predicted molar refractivity (Wildman–Crippen MR) is 101 cm³/mol. The van der Waals surface area contributed by atoms with Crippen LogP contribution >= 0.6 is 11.6 Å². The number of benzene rings is 1. The van der Waals surface area contributed by atoms with Gasteiger partial charge in [-0.1, -0.05) is 23.7 Å². The average molecular weight is 373 g/mol. The fourth-order valence-corrected chi connectivity index (χ4v) is 3.28. The largest absolute Gasteiger partial charge is 0.332 e. The zero-order valence-electron chi connectivity index (χ0n) is 14.6. The van der Waals surface area contributed by atoms with Crippen molar-refractivity contribution in [2.75, 3.05) is 11.6 Å². The number of hydrogen-bond acceptors (Lipinski definition) is 5. The van der Waals surface area contributed by atoms with Crippen LogP contribution in [-0.4, -0.2) is 30.9 Å². The second kappa shape index (κ2) is 5.84. The molecule has 0 fully saturated rings. The highest BCUT2D eigenvalue weighted by Gasteiger charge is 2.26. The Balaban J connectivity index is 1.97. The van der Waals surface area contributed by atoms with Crippen molar-refractivity contribution in [2.45, 2.75) is 13.5 Å². The highest BCUT2D eigenvalue weighted by molar-refractivity contribution is 6.30. The first-order chi connectivity index (χ1) is 12.4. The number of nitrogens with zero attached hydrogens (tertiary/aromatic N) is 6. The number of hydrazone groups is 1. The molecule has 0 spiro atoms. The first-order valence-corrected chi connectivity index (χ1v) is 8.57. The summed E-state index contributed by atoms with van der Waals surface area (Å²) in [5.74, 6) is 0.554. The molecule has 0 atom stereocenters. The lowest BCUT2D eigenvalue weighted by Crippen LogP contribution is -2.38.